The second kappa shape index (κ2) is 13.8. The van der Waals surface area contributed by atoms with Crippen LogP contribution in [0.5, 0.6) is 11.5 Å². The molecule has 0 saturated heterocycles. The Morgan fingerprint density at radius 3 is 2.52 bits per heavy atom. The Morgan fingerprint density at radius 2 is 1.73 bits per heavy atom. The number of aromatic nitrogens is 4. The number of hydrogen-bond acceptors (Lipinski definition) is 8. The van der Waals surface area contributed by atoms with Gasteiger partial charge in [0.05, 0.1) is 31.8 Å². The van der Waals surface area contributed by atoms with Crippen molar-refractivity contribution in [1.29, 1.82) is 0 Å². The average molecular weight is 650 g/mol. The first kappa shape index (κ1) is 32.0. The maximum atomic E-state index is 13.9. The number of carbonyl (C=O) groups is 3. The maximum absolute atomic E-state index is 13.9. The molecule has 246 valence electrons. The smallest absolute Gasteiger partial charge is 0.263 e. The van der Waals surface area contributed by atoms with Crippen molar-refractivity contribution in [3.8, 4) is 22.9 Å². The van der Waals surface area contributed by atoms with Gasteiger partial charge in [0.1, 0.15) is 18.0 Å². The zero-order valence-corrected chi connectivity index (χ0v) is 26.8. The van der Waals surface area contributed by atoms with E-state index >= 15 is 0 Å². The molecule has 1 aliphatic rings. The highest BCUT2D eigenvalue weighted by Crippen LogP contribution is 2.28. The van der Waals surface area contributed by atoms with Gasteiger partial charge in [-0.25, -0.2) is 9.67 Å². The van der Waals surface area contributed by atoms with Crippen LogP contribution in [0.25, 0.3) is 22.3 Å². The highest BCUT2D eigenvalue weighted by molar-refractivity contribution is 5.99. The minimum Gasteiger partial charge on any atom is -0.493 e. The molecule has 6 rings (SSSR count). The van der Waals surface area contributed by atoms with Crippen molar-refractivity contribution in [2.45, 2.75) is 19.5 Å². The lowest BCUT2D eigenvalue weighted by atomic mass is 10.1. The van der Waals surface area contributed by atoms with Gasteiger partial charge in [-0.15, -0.1) is 0 Å². The second-order valence-corrected chi connectivity index (χ2v) is 11.3. The van der Waals surface area contributed by atoms with Crippen LogP contribution in [0, 0.1) is 0 Å². The number of nitrogens with one attached hydrogen (secondary N) is 2. The van der Waals surface area contributed by atoms with Crippen molar-refractivity contribution < 1.29 is 23.9 Å². The van der Waals surface area contributed by atoms with E-state index in [2.05, 4.69) is 10.6 Å². The first-order chi connectivity index (χ1) is 23.2. The van der Waals surface area contributed by atoms with E-state index < -0.39 is 29.3 Å². The SMILES string of the molecule is COc1ccc2cc1OCCn1nc(-c3ccccc3)nc1[C@@H](C)NC(=O)CN(C(=O)c1cc3ccccc3n(C)c1=O)CCNC2=O. The van der Waals surface area contributed by atoms with E-state index in [0.29, 0.717) is 39.6 Å². The molecule has 48 heavy (non-hydrogen) atoms. The Morgan fingerprint density at radius 1 is 0.958 bits per heavy atom. The molecule has 1 aliphatic heterocycles. The number of para-hydroxylation sites is 1. The summed E-state index contributed by atoms with van der Waals surface area (Å²) in [4.78, 5) is 60.0. The number of aryl methyl sites for hydroxylation is 1. The topological polar surface area (TPSA) is 150 Å². The van der Waals surface area contributed by atoms with Gasteiger partial charge in [0.2, 0.25) is 5.91 Å². The molecule has 13 nitrogen and oxygen atoms in total. The summed E-state index contributed by atoms with van der Waals surface area (Å²) in [6.45, 7) is 1.81. The van der Waals surface area contributed by atoms with E-state index in [-0.39, 0.29) is 38.3 Å². The first-order valence-corrected chi connectivity index (χ1v) is 15.5. The van der Waals surface area contributed by atoms with Crippen LogP contribution in [0.1, 0.15) is 39.5 Å². The second-order valence-electron chi connectivity index (χ2n) is 11.3. The zero-order chi connectivity index (χ0) is 33.8. The van der Waals surface area contributed by atoms with Gasteiger partial charge in [0.15, 0.2) is 17.3 Å². The third-order valence-electron chi connectivity index (χ3n) is 8.14. The molecule has 0 unspecified atom stereocenters. The van der Waals surface area contributed by atoms with E-state index in [9.17, 15) is 19.2 Å². The van der Waals surface area contributed by atoms with Gasteiger partial charge in [0, 0.05) is 31.3 Å². The summed E-state index contributed by atoms with van der Waals surface area (Å²) in [6.07, 6.45) is 0. The fourth-order valence-corrected chi connectivity index (χ4v) is 5.65. The highest BCUT2D eigenvalue weighted by Gasteiger charge is 2.26. The monoisotopic (exact) mass is 649 g/mol. The largest absolute Gasteiger partial charge is 0.493 e. The molecule has 3 heterocycles. The fourth-order valence-electron chi connectivity index (χ4n) is 5.65. The predicted molar refractivity (Wildman–Crippen MR) is 178 cm³/mol. The van der Waals surface area contributed by atoms with E-state index in [1.165, 1.54) is 22.6 Å². The Balaban J connectivity index is 1.36. The van der Waals surface area contributed by atoms with Crippen LogP contribution in [-0.2, 0) is 18.4 Å². The third kappa shape index (κ3) is 6.61. The molecular formula is C35H35N7O6. The van der Waals surface area contributed by atoms with Crippen molar-refractivity contribution in [2.75, 3.05) is 33.4 Å². The van der Waals surface area contributed by atoms with Crippen LogP contribution in [0.4, 0.5) is 0 Å². The molecule has 3 amide bonds. The molecule has 2 aromatic heterocycles. The number of pyridine rings is 1. The van der Waals surface area contributed by atoms with Gasteiger partial charge < -0.3 is 29.6 Å². The molecular weight excluding hydrogens is 614 g/mol. The molecule has 0 radical (unpaired) electrons. The fraction of sp³-hybridized carbons (Fsp3) is 0.257. The average Bonchev–Trinajstić information content (AvgIpc) is 3.53. The van der Waals surface area contributed by atoms with E-state index in [4.69, 9.17) is 19.6 Å². The molecule has 0 aliphatic carbocycles. The minimum absolute atomic E-state index is 0.0122. The number of benzene rings is 3. The van der Waals surface area contributed by atoms with Gasteiger partial charge in [0.25, 0.3) is 17.4 Å². The highest BCUT2D eigenvalue weighted by atomic mass is 16.5. The molecule has 13 heteroatoms. The van der Waals surface area contributed by atoms with Crippen molar-refractivity contribution in [3.63, 3.8) is 0 Å². The number of methoxy groups -OCH3 is 1. The molecule has 0 spiro atoms. The molecule has 2 N–H and O–H groups in total. The number of fused-ring (bicyclic) bond motifs is 4. The molecule has 1 atom stereocenters. The molecule has 3 aromatic carbocycles. The Bertz CT molecular complexity index is 2060. The van der Waals surface area contributed by atoms with Gasteiger partial charge >= 0.3 is 0 Å². The number of amides is 3. The Kier molecular flexibility index (Phi) is 9.19. The van der Waals surface area contributed by atoms with E-state index in [1.54, 1.807) is 42.9 Å². The minimum atomic E-state index is -0.633. The lowest BCUT2D eigenvalue weighted by Crippen LogP contribution is -2.46. The quantitative estimate of drug-likeness (QED) is 0.303. The summed E-state index contributed by atoms with van der Waals surface area (Å²) < 4.78 is 14.6. The normalized spacial score (nSPS) is 15.9. The van der Waals surface area contributed by atoms with Crippen LogP contribution >= 0.6 is 0 Å². The Hall–Kier alpha value is -5.98. The first-order valence-electron chi connectivity index (χ1n) is 15.5. The molecule has 5 aromatic rings. The van der Waals surface area contributed by atoms with Gasteiger partial charge in [-0.3, -0.25) is 19.2 Å². The summed E-state index contributed by atoms with van der Waals surface area (Å²) in [5.41, 5.74) is 1.21. The van der Waals surface area contributed by atoms with Crippen LogP contribution < -0.4 is 25.7 Å². The molecule has 0 saturated carbocycles. The van der Waals surface area contributed by atoms with Crippen LogP contribution in [-0.4, -0.2) is 75.3 Å². The van der Waals surface area contributed by atoms with Crippen molar-refractivity contribution in [1.82, 2.24) is 34.9 Å². The number of nitrogens with zero attached hydrogens (tertiary/aromatic N) is 5. The number of rotatable bonds is 3. The maximum Gasteiger partial charge on any atom is 0.263 e. The van der Waals surface area contributed by atoms with E-state index in [0.717, 1.165) is 5.56 Å². The van der Waals surface area contributed by atoms with Crippen LogP contribution in [0.3, 0.4) is 0 Å². The number of hydrogen-bond donors (Lipinski definition) is 2. The van der Waals surface area contributed by atoms with Gasteiger partial charge in [-0.2, -0.15) is 5.10 Å². The zero-order valence-electron chi connectivity index (χ0n) is 26.8. The summed E-state index contributed by atoms with van der Waals surface area (Å²) in [7, 11) is 3.11. The van der Waals surface area contributed by atoms with Gasteiger partial charge in [-0.1, -0.05) is 48.5 Å². The number of carbonyl (C=O) groups excluding carboxylic acids is 3. The standard InChI is InChI=1S/C35H35N7O6/c1-22-32-38-31(23-9-5-4-6-10-23)39-42(32)17-18-48-29-20-25(13-14-28(29)47-3)33(44)36-15-16-41(21-30(43)37-22)35(46)26-19-24-11-7-8-12-27(24)40(2)34(26)45/h4-14,19-20,22H,15-18,21H2,1-3H3,(H,36,44)(H,37,43)/t22-/m1/s1. The molecule has 0 fully saturated rings. The predicted octanol–water partition coefficient (Wildman–Crippen LogP) is 2.95. The van der Waals surface area contributed by atoms with E-state index in [1.807, 2.05) is 48.5 Å². The van der Waals surface area contributed by atoms with Crippen LogP contribution in [0.15, 0.2) is 83.7 Å². The summed E-state index contributed by atoms with van der Waals surface area (Å²) in [6, 6.07) is 22.4. The van der Waals surface area contributed by atoms with Crippen LogP contribution in [0.2, 0.25) is 0 Å². The third-order valence-corrected chi connectivity index (χ3v) is 8.14. The number of ether oxygens (including phenoxy) is 2. The van der Waals surface area contributed by atoms with Crippen molar-refractivity contribution in [2.24, 2.45) is 7.05 Å². The summed E-state index contributed by atoms with van der Waals surface area (Å²) in [5, 5.41) is 11.1. The summed E-state index contributed by atoms with van der Waals surface area (Å²) >= 11 is 0. The lowest BCUT2D eigenvalue weighted by molar-refractivity contribution is -0.122. The molecule has 2 bridgehead atoms. The lowest BCUT2D eigenvalue weighted by Gasteiger charge is -2.24. The van der Waals surface area contributed by atoms with Crippen molar-refractivity contribution in [3.05, 3.63) is 106 Å². The van der Waals surface area contributed by atoms with Gasteiger partial charge in [-0.05, 0) is 42.6 Å². The summed E-state index contributed by atoms with van der Waals surface area (Å²) in [5.74, 6) is 0.242. The Labute approximate surface area is 276 Å². The van der Waals surface area contributed by atoms with Crippen molar-refractivity contribution >= 4 is 28.6 Å².